The van der Waals surface area contributed by atoms with Gasteiger partial charge >= 0.3 is 0 Å². The van der Waals surface area contributed by atoms with E-state index < -0.39 is 4.92 Å². The third-order valence-corrected chi connectivity index (χ3v) is 6.89. The maximum absolute atomic E-state index is 11.2. The summed E-state index contributed by atoms with van der Waals surface area (Å²) in [6.45, 7) is 4.02. The van der Waals surface area contributed by atoms with Crippen LogP contribution in [-0.4, -0.2) is 60.1 Å². The minimum Gasteiger partial charge on any atom is -0.494 e. The van der Waals surface area contributed by atoms with Crippen LogP contribution in [0.5, 0.6) is 5.75 Å². The molecule has 0 unspecified atom stereocenters. The van der Waals surface area contributed by atoms with E-state index in [9.17, 15) is 10.1 Å². The molecule has 2 aromatic heterocycles. The van der Waals surface area contributed by atoms with Gasteiger partial charge in [-0.3, -0.25) is 10.1 Å². The monoisotopic (exact) mass is 476 g/mol. The van der Waals surface area contributed by atoms with Crippen molar-refractivity contribution in [3.05, 3.63) is 64.2 Å². The molecule has 0 saturated carbocycles. The van der Waals surface area contributed by atoms with Crippen molar-refractivity contribution >= 4 is 44.6 Å². The quantitative estimate of drug-likeness (QED) is 0.314. The van der Waals surface area contributed by atoms with E-state index in [0.717, 1.165) is 58.9 Å². The second-order valence-corrected chi connectivity index (χ2v) is 9.07. The van der Waals surface area contributed by atoms with Gasteiger partial charge in [0.25, 0.3) is 5.69 Å². The third kappa shape index (κ3) is 4.37. The lowest BCUT2D eigenvalue weighted by Gasteiger charge is -2.34. The highest BCUT2D eigenvalue weighted by molar-refractivity contribution is 7.17. The summed E-state index contributed by atoms with van der Waals surface area (Å²) in [5, 5.41) is 16.4. The first-order valence-corrected chi connectivity index (χ1v) is 11.8. The molecule has 1 N–H and O–H groups in total. The highest BCUT2D eigenvalue weighted by atomic mass is 32.1. The van der Waals surface area contributed by atoms with Gasteiger partial charge in [-0.25, -0.2) is 9.97 Å². The number of ether oxygens (including phenoxy) is 1. The Kier molecular flexibility index (Phi) is 5.99. The highest BCUT2D eigenvalue weighted by Crippen LogP contribution is 2.36. The molecule has 3 heterocycles. The van der Waals surface area contributed by atoms with Gasteiger partial charge in [0.1, 0.15) is 5.75 Å². The summed E-state index contributed by atoms with van der Waals surface area (Å²) in [4.78, 5) is 24.7. The van der Waals surface area contributed by atoms with Crippen LogP contribution in [0.25, 0.3) is 21.3 Å². The molecular weight excluding hydrogens is 452 g/mol. The van der Waals surface area contributed by atoms with Crippen molar-refractivity contribution in [2.24, 2.45) is 0 Å². The van der Waals surface area contributed by atoms with Gasteiger partial charge in [-0.1, -0.05) is 12.1 Å². The predicted octanol–water partition coefficient (Wildman–Crippen LogP) is 4.77. The summed E-state index contributed by atoms with van der Waals surface area (Å²) < 4.78 is 6.56. The molecule has 4 aromatic rings. The van der Waals surface area contributed by atoms with Gasteiger partial charge < -0.3 is 19.9 Å². The summed E-state index contributed by atoms with van der Waals surface area (Å²) in [5.74, 6) is 1.15. The summed E-state index contributed by atoms with van der Waals surface area (Å²) in [7, 11) is 3.79. The molecule has 1 saturated heterocycles. The molecule has 0 aliphatic carbocycles. The number of rotatable bonds is 6. The zero-order chi connectivity index (χ0) is 23.7. The number of piperazine rings is 1. The number of fused-ring (bicyclic) bond motifs is 1. The fourth-order valence-electron chi connectivity index (χ4n) is 4.05. The molecule has 0 spiro atoms. The molecule has 0 atom stereocenters. The first-order valence-electron chi connectivity index (χ1n) is 10.9. The maximum atomic E-state index is 11.2. The molecule has 0 bridgehead atoms. The fourth-order valence-corrected chi connectivity index (χ4v) is 4.92. The van der Waals surface area contributed by atoms with Crippen LogP contribution in [0.1, 0.15) is 0 Å². The van der Waals surface area contributed by atoms with Crippen LogP contribution in [0.2, 0.25) is 0 Å². The number of hydrogen-bond donors (Lipinski definition) is 1. The van der Waals surface area contributed by atoms with E-state index in [0.29, 0.717) is 11.7 Å². The zero-order valence-corrected chi connectivity index (χ0v) is 19.7. The first-order chi connectivity index (χ1) is 16.5. The average molecular weight is 477 g/mol. The molecule has 9 nitrogen and oxygen atoms in total. The lowest BCUT2D eigenvalue weighted by Crippen LogP contribution is -2.44. The number of non-ortho nitro benzene ring substituents is 1. The Morgan fingerprint density at radius 3 is 2.74 bits per heavy atom. The Morgan fingerprint density at radius 1 is 1.15 bits per heavy atom. The van der Waals surface area contributed by atoms with Gasteiger partial charge in [-0.2, -0.15) is 0 Å². The van der Waals surface area contributed by atoms with E-state index in [2.05, 4.69) is 33.2 Å². The second-order valence-electron chi connectivity index (χ2n) is 8.16. The summed E-state index contributed by atoms with van der Waals surface area (Å²) in [5.41, 5.74) is 4.28. The Hall–Kier alpha value is -3.76. The number of nitro benzene ring substituents is 1. The number of anilines is 3. The Morgan fingerprint density at radius 2 is 1.97 bits per heavy atom. The molecule has 10 heteroatoms. The normalized spacial score (nSPS) is 14.4. The summed E-state index contributed by atoms with van der Waals surface area (Å²) >= 11 is 1.51. The fraction of sp³-hybridized carbons (Fsp3) is 0.250. The van der Waals surface area contributed by atoms with Gasteiger partial charge in [0.15, 0.2) is 0 Å². The molecule has 34 heavy (non-hydrogen) atoms. The van der Waals surface area contributed by atoms with Gasteiger partial charge in [-0.15, -0.1) is 11.3 Å². The van der Waals surface area contributed by atoms with Crippen LogP contribution >= 0.6 is 11.3 Å². The molecule has 1 aliphatic heterocycles. The van der Waals surface area contributed by atoms with Crippen molar-refractivity contribution in [2.75, 3.05) is 50.6 Å². The topological polar surface area (TPSA) is 96.7 Å². The maximum Gasteiger partial charge on any atom is 0.270 e. The summed E-state index contributed by atoms with van der Waals surface area (Å²) in [6, 6.07) is 12.7. The number of benzene rings is 2. The van der Waals surface area contributed by atoms with Gasteiger partial charge in [-0.05, 0) is 24.7 Å². The minimum atomic E-state index is -0.391. The molecule has 2 aromatic carbocycles. The highest BCUT2D eigenvalue weighted by Gasteiger charge is 2.17. The van der Waals surface area contributed by atoms with Crippen molar-refractivity contribution in [1.29, 1.82) is 0 Å². The van der Waals surface area contributed by atoms with E-state index in [4.69, 9.17) is 9.72 Å². The van der Waals surface area contributed by atoms with Crippen molar-refractivity contribution in [3.8, 4) is 16.9 Å². The average Bonchev–Trinajstić information content (AvgIpc) is 3.28. The molecule has 1 fully saturated rings. The number of nitro groups is 1. The van der Waals surface area contributed by atoms with Crippen LogP contribution < -0.4 is 15.0 Å². The Balaban J connectivity index is 1.43. The van der Waals surface area contributed by atoms with Crippen molar-refractivity contribution in [3.63, 3.8) is 0 Å². The minimum absolute atomic E-state index is 0.0504. The molecule has 5 rings (SSSR count). The number of methoxy groups -OCH3 is 1. The number of aromatic nitrogens is 2. The van der Waals surface area contributed by atoms with E-state index >= 15 is 0 Å². The zero-order valence-electron chi connectivity index (χ0n) is 18.9. The van der Waals surface area contributed by atoms with Crippen LogP contribution in [0, 0.1) is 10.1 Å². The van der Waals surface area contributed by atoms with Crippen LogP contribution in [0.4, 0.5) is 23.0 Å². The SMILES string of the molecule is COc1cc(N2CCN(C)CC2)ccc1Nc1ncc2scc(-c3cccc([N+](=O)[O-])c3)c2n1. The number of likely N-dealkylation sites (N-methyl/N-ethyl adjacent to an activating group) is 1. The smallest absolute Gasteiger partial charge is 0.270 e. The number of nitrogens with one attached hydrogen (secondary N) is 1. The summed E-state index contributed by atoms with van der Waals surface area (Å²) in [6.07, 6.45) is 1.77. The molecule has 0 amide bonds. The largest absolute Gasteiger partial charge is 0.494 e. The Bertz CT molecular complexity index is 1350. The van der Waals surface area contributed by atoms with Crippen LogP contribution in [-0.2, 0) is 0 Å². The van der Waals surface area contributed by atoms with E-state index in [1.54, 1.807) is 25.4 Å². The molecular formula is C24H24N6O3S. The molecule has 0 radical (unpaired) electrons. The van der Waals surface area contributed by atoms with Gasteiger partial charge in [0.2, 0.25) is 5.95 Å². The van der Waals surface area contributed by atoms with Crippen molar-refractivity contribution in [2.45, 2.75) is 0 Å². The van der Waals surface area contributed by atoms with E-state index in [1.165, 1.54) is 17.4 Å². The third-order valence-electron chi connectivity index (χ3n) is 5.98. The van der Waals surface area contributed by atoms with Gasteiger partial charge in [0, 0.05) is 61.0 Å². The van der Waals surface area contributed by atoms with Crippen molar-refractivity contribution < 1.29 is 9.66 Å². The van der Waals surface area contributed by atoms with Crippen molar-refractivity contribution in [1.82, 2.24) is 14.9 Å². The predicted molar refractivity (Wildman–Crippen MR) is 135 cm³/mol. The van der Waals surface area contributed by atoms with Crippen LogP contribution in [0.3, 0.4) is 0 Å². The number of hydrogen-bond acceptors (Lipinski definition) is 9. The Labute approximate surface area is 200 Å². The molecule has 174 valence electrons. The van der Waals surface area contributed by atoms with Gasteiger partial charge in [0.05, 0.1) is 34.1 Å². The van der Waals surface area contributed by atoms with E-state index in [1.807, 2.05) is 23.6 Å². The number of nitrogens with zero attached hydrogens (tertiary/aromatic N) is 5. The number of thiophene rings is 1. The second kappa shape index (κ2) is 9.24. The van der Waals surface area contributed by atoms with E-state index in [-0.39, 0.29) is 5.69 Å². The lowest BCUT2D eigenvalue weighted by atomic mass is 10.1. The van der Waals surface area contributed by atoms with Crippen LogP contribution in [0.15, 0.2) is 54.0 Å². The lowest BCUT2D eigenvalue weighted by molar-refractivity contribution is -0.384. The first kappa shape index (κ1) is 22.1. The molecule has 1 aliphatic rings. The standard InChI is InChI=1S/C24H24N6O3S/c1-28-8-10-29(11-9-28)17-6-7-20(21(13-17)33-2)26-24-25-14-22-23(27-24)19(15-34-22)16-4-3-5-18(12-16)30(31)32/h3-7,12-15H,8-11H2,1-2H3,(H,25,26,27).